The molecule has 1 fully saturated rings. The maximum atomic E-state index is 13.4. The van der Waals surface area contributed by atoms with Crippen LogP contribution in [-0.4, -0.2) is 59.2 Å². The summed E-state index contributed by atoms with van der Waals surface area (Å²) >= 11 is 0. The van der Waals surface area contributed by atoms with E-state index in [0.717, 1.165) is 55.7 Å². The molecule has 2 aliphatic heterocycles. The molecule has 7 heteroatoms. The van der Waals surface area contributed by atoms with Gasteiger partial charge in [0, 0.05) is 37.0 Å². The van der Waals surface area contributed by atoms with Gasteiger partial charge < -0.3 is 9.42 Å². The Balaban J connectivity index is 1.20. The summed E-state index contributed by atoms with van der Waals surface area (Å²) in [5, 5.41) is 5.12. The van der Waals surface area contributed by atoms with Gasteiger partial charge in [-0.2, -0.15) is 0 Å². The molecule has 0 radical (unpaired) electrons. The Morgan fingerprint density at radius 2 is 1.91 bits per heavy atom. The predicted octanol–water partition coefficient (Wildman–Crippen LogP) is 3.34. The topological polar surface area (TPSA) is 66.7 Å². The molecule has 2 aromatic carbocycles. The number of benzene rings is 2. The zero-order chi connectivity index (χ0) is 22.1. The fraction of sp³-hybridized carbons (Fsp3) is 0.400. The number of piperidine rings is 1. The molecule has 0 aliphatic carbocycles. The minimum Gasteiger partial charge on any atom is -0.356 e. The van der Waals surface area contributed by atoms with Crippen LogP contribution in [0.3, 0.4) is 0 Å². The zero-order valence-corrected chi connectivity index (χ0v) is 17.9. The van der Waals surface area contributed by atoms with Crippen molar-refractivity contribution in [2.45, 2.75) is 37.8 Å². The summed E-state index contributed by atoms with van der Waals surface area (Å²) in [6.07, 6.45) is 2.97. The highest BCUT2D eigenvalue weighted by Crippen LogP contribution is 2.33. The van der Waals surface area contributed by atoms with Crippen molar-refractivity contribution in [3.63, 3.8) is 0 Å². The SMILES string of the molecule is O=CC(=O)C1Cc2ccccc2CN1CCN1CCC(c2noc3cc(F)ccc23)CC1. The van der Waals surface area contributed by atoms with Crippen molar-refractivity contribution in [3.05, 3.63) is 65.1 Å². The molecule has 2 aliphatic rings. The van der Waals surface area contributed by atoms with Crippen molar-refractivity contribution in [2.75, 3.05) is 26.2 Å². The van der Waals surface area contributed by atoms with Crippen LogP contribution in [0.4, 0.5) is 4.39 Å². The van der Waals surface area contributed by atoms with Crippen LogP contribution in [0.1, 0.15) is 35.6 Å². The third kappa shape index (κ3) is 4.10. The molecule has 3 heterocycles. The van der Waals surface area contributed by atoms with Crippen molar-refractivity contribution >= 4 is 23.0 Å². The van der Waals surface area contributed by atoms with E-state index in [9.17, 15) is 14.0 Å². The number of aldehydes is 1. The molecular weight excluding hydrogens is 409 g/mol. The zero-order valence-electron chi connectivity index (χ0n) is 17.9. The van der Waals surface area contributed by atoms with Crippen molar-refractivity contribution in [1.82, 2.24) is 15.0 Å². The van der Waals surface area contributed by atoms with E-state index in [0.29, 0.717) is 30.8 Å². The molecule has 1 atom stereocenters. The van der Waals surface area contributed by atoms with E-state index < -0.39 is 0 Å². The maximum absolute atomic E-state index is 13.4. The van der Waals surface area contributed by atoms with E-state index >= 15 is 0 Å². The van der Waals surface area contributed by atoms with Gasteiger partial charge in [0.2, 0.25) is 5.78 Å². The number of rotatable bonds is 6. The van der Waals surface area contributed by atoms with Gasteiger partial charge in [0.15, 0.2) is 11.9 Å². The first-order valence-electron chi connectivity index (χ1n) is 11.2. The van der Waals surface area contributed by atoms with Crippen LogP contribution in [0.15, 0.2) is 47.0 Å². The molecule has 5 rings (SSSR count). The Labute approximate surface area is 186 Å². The third-order valence-electron chi connectivity index (χ3n) is 6.93. The van der Waals surface area contributed by atoms with Crippen molar-refractivity contribution in [3.8, 4) is 0 Å². The van der Waals surface area contributed by atoms with Crippen LogP contribution in [0.5, 0.6) is 0 Å². The van der Waals surface area contributed by atoms with Gasteiger partial charge in [-0.25, -0.2) is 4.39 Å². The summed E-state index contributed by atoms with van der Waals surface area (Å²) in [5.74, 6) is -0.363. The third-order valence-corrected chi connectivity index (χ3v) is 6.93. The Morgan fingerprint density at radius 3 is 2.69 bits per heavy atom. The lowest BCUT2D eigenvalue weighted by atomic mass is 9.91. The number of Topliss-reactive ketones (excluding diaryl/α,β-unsaturated/α-hetero) is 1. The van der Waals surface area contributed by atoms with Crippen LogP contribution in [0.25, 0.3) is 11.0 Å². The highest BCUT2D eigenvalue weighted by atomic mass is 19.1. The molecule has 0 amide bonds. The van der Waals surface area contributed by atoms with Gasteiger partial charge in [0.05, 0.1) is 11.7 Å². The second-order valence-corrected chi connectivity index (χ2v) is 8.80. The predicted molar refractivity (Wildman–Crippen MR) is 118 cm³/mol. The minimum atomic E-state index is -0.373. The van der Waals surface area contributed by atoms with Gasteiger partial charge >= 0.3 is 0 Å². The van der Waals surface area contributed by atoms with Crippen LogP contribution in [-0.2, 0) is 22.6 Å². The first kappa shape index (κ1) is 21.0. The molecule has 0 saturated carbocycles. The first-order chi connectivity index (χ1) is 15.6. The number of fused-ring (bicyclic) bond motifs is 2. The lowest BCUT2D eigenvalue weighted by Gasteiger charge is -2.37. The van der Waals surface area contributed by atoms with Gasteiger partial charge in [0.1, 0.15) is 5.82 Å². The smallest absolute Gasteiger partial charge is 0.212 e. The number of aromatic nitrogens is 1. The van der Waals surface area contributed by atoms with Crippen LogP contribution < -0.4 is 0 Å². The summed E-state index contributed by atoms with van der Waals surface area (Å²) in [4.78, 5) is 28.0. The molecule has 0 bridgehead atoms. The standard InChI is InChI=1S/C25H26FN3O3/c26-20-5-6-21-24(14-20)32-27-25(21)17-7-9-28(10-8-17)11-12-29-15-19-4-2-1-3-18(19)13-22(29)23(31)16-30/h1-6,14,16-17,22H,7-13,15H2. The van der Waals surface area contributed by atoms with Crippen molar-refractivity contribution in [1.29, 1.82) is 0 Å². The largest absolute Gasteiger partial charge is 0.356 e. The van der Waals surface area contributed by atoms with Gasteiger partial charge in [-0.3, -0.25) is 14.5 Å². The number of ketones is 1. The summed E-state index contributed by atoms with van der Waals surface area (Å²) in [6, 6.07) is 12.4. The van der Waals surface area contributed by atoms with Gasteiger partial charge in [-0.15, -0.1) is 0 Å². The number of halogens is 1. The summed E-state index contributed by atoms with van der Waals surface area (Å²) in [7, 11) is 0. The fourth-order valence-electron chi connectivity index (χ4n) is 5.10. The molecule has 32 heavy (non-hydrogen) atoms. The fourth-order valence-corrected chi connectivity index (χ4v) is 5.10. The lowest BCUT2D eigenvalue weighted by molar-refractivity contribution is -0.134. The molecule has 0 N–H and O–H groups in total. The van der Waals surface area contributed by atoms with E-state index in [1.54, 1.807) is 6.07 Å². The number of nitrogens with zero attached hydrogens (tertiary/aromatic N) is 3. The summed E-state index contributed by atoms with van der Waals surface area (Å²) in [5.41, 5.74) is 3.81. The molecule has 3 aromatic rings. The lowest BCUT2D eigenvalue weighted by Crippen LogP contribution is -2.49. The van der Waals surface area contributed by atoms with Crippen LogP contribution >= 0.6 is 0 Å². The molecule has 6 nitrogen and oxygen atoms in total. The van der Waals surface area contributed by atoms with Crippen LogP contribution in [0.2, 0.25) is 0 Å². The second-order valence-electron chi connectivity index (χ2n) is 8.80. The minimum absolute atomic E-state index is 0.296. The van der Waals surface area contributed by atoms with Crippen molar-refractivity contribution < 1.29 is 18.5 Å². The Morgan fingerprint density at radius 1 is 1.12 bits per heavy atom. The number of likely N-dealkylation sites (tertiary alicyclic amines) is 1. The van der Waals surface area contributed by atoms with Gasteiger partial charge in [-0.05, 0) is 55.6 Å². The highest BCUT2D eigenvalue weighted by Gasteiger charge is 2.32. The molecule has 1 unspecified atom stereocenters. The molecule has 0 spiro atoms. The Hall–Kier alpha value is -2.90. The number of hydrogen-bond acceptors (Lipinski definition) is 6. The van der Waals surface area contributed by atoms with E-state index in [1.807, 2.05) is 18.2 Å². The van der Waals surface area contributed by atoms with Crippen LogP contribution in [0, 0.1) is 5.82 Å². The van der Waals surface area contributed by atoms with Gasteiger partial charge in [-0.1, -0.05) is 29.4 Å². The molecule has 166 valence electrons. The quantitative estimate of drug-likeness (QED) is 0.437. The Bertz CT molecular complexity index is 1140. The molecular formula is C25H26FN3O3. The summed E-state index contributed by atoms with van der Waals surface area (Å²) < 4.78 is 18.8. The Kier molecular flexibility index (Phi) is 5.85. The highest BCUT2D eigenvalue weighted by molar-refractivity contribution is 6.27. The number of carbonyl (C=O) groups excluding carboxylic acids is 2. The van der Waals surface area contributed by atoms with E-state index in [2.05, 4.69) is 21.0 Å². The monoisotopic (exact) mass is 435 g/mol. The average Bonchev–Trinajstić information content (AvgIpc) is 3.25. The van der Waals surface area contributed by atoms with E-state index in [-0.39, 0.29) is 17.6 Å². The summed E-state index contributed by atoms with van der Waals surface area (Å²) in [6.45, 7) is 4.14. The number of carbonyl (C=O) groups is 2. The van der Waals surface area contributed by atoms with E-state index in [4.69, 9.17) is 4.52 Å². The normalized spacial score (nSPS) is 20.3. The van der Waals surface area contributed by atoms with E-state index in [1.165, 1.54) is 17.7 Å². The van der Waals surface area contributed by atoms with Crippen molar-refractivity contribution in [2.24, 2.45) is 0 Å². The average molecular weight is 435 g/mol. The second kappa shape index (κ2) is 8.92. The molecule has 1 aromatic heterocycles. The molecule has 1 saturated heterocycles. The van der Waals surface area contributed by atoms with Gasteiger partial charge in [0.25, 0.3) is 0 Å². The number of hydrogen-bond donors (Lipinski definition) is 0. The maximum Gasteiger partial charge on any atom is 0.212 e. The first-order valence-corrected chi connectivity index (χ1v) is 11.2.